The highest BCUT2D eigenvalue weighted by molar-refractivity contribution is 5.90. The van der Waals surface area contributed by atoms with Crippen LogP contribution in [0.1, 0.15) is 32.1 Å². The first kappa shape index (κ1) is 14.3. The molecule has 1 aliphatic heterocycles. The van der Waals surface area contributed by atoms with Gasteiger partial charge in [0.2, 0.25) is 0 Å². The molecule has 1 amide bonds. The SMILES string of the molecule is COC(=O)C1(NC(=O)C2COCCO2)CCCCC1. The van der Waals surface area contributed by atoms with E-state index in [0.717, 1.165) is 19.3 Å². The maximum Gasteiger partial charge on any atom is 0.331 e. The number of methoxy groups -OCH3 is 1. The molecule has 0 aromatic heterocycles. The van der Waals surface area contributed by atoms with Crippen LogP contribution in [0.3, 0.4) is 0 Å². The zero-order chi connectivity index (χ0) is 13.7. The Morgan fingerprint density at radius 3 is 2.53 bits per heavy atom. The summed E-state index contributed by atoms with van der Waals surface area (Å²) >= 11 is 0. The van der Waals surface area contributed by atoms with Crippen molar-refractivity contribution in [3.8, 4) is 0 Å². The first-order chi connectivity index (χ1) is 9.18. The maximum absolute atomic E-state index is 12.2. The molecule has 1 unspecified atom stereocenters. The molecule has 1 atom stereocenters. The number of rotatable bonds is 3. The second-order valence-corrected chi connectivity index (χ2v) is 5.06. The summed E-state index contributed by atoms with van der Waals surface area (Å²) in [4.78, 5) is 24.2. The van der Waals surface area contributed by atoms with Gasteiger partial charge in [0.25, 0.3) is 5.91 Å². The maximum atomic E-state index is 12.2. The molecule has 6 nitrogen and oxygen atoms in total. The lowest BCUT2D eigenvalue weighted by atomic mass is 9.81. The summed E-state index contributed by atoms with van der Waals surface area (Å²) in [6.07, 6.45) is 3.53. The quantitative estimate of drug-likeness (QED) is 0.752. The van der Waals surface area contributed by atoms with Crippen LogP contribution >= 0.6 is 0 Å². The van der Waals surface area contributed by atoms with Crippen molar-refractivity contribution >= 4 is 11.9 Å². The van der Waals surface area contributed by atoms with Gasteiger partial charge in [-0.25, -0.2) is 4.79 Å². The summed E-state index contributed by atoms with van der Waals surface area (Å²) in [7, 11) is 1.35. The first-order valence-corrected chi connectivity index (χ1v) is 6.78. The van der Waals surface area contributed by atoms with Crippen LogP contribution in [0.5, 0.6) is 0 Å². The number of carbonyl (C=O) groups excluding carboxylic acids is 2. The molecule has 0 aromatic rings. The summed E-state index contributed by atoms with van der Waals surface area (Å²) in [5.74, 6) is -0.649. The Labute approximate surface area is 112 Å². The number of amides is 1. The lowest BCUT2D eigenvalue weighted by Gasteiger charge is -2.36. The van der Waals surface area contributed by atoms with Crippen molar-refractivity contribution in [1.82, 2.24) is 5.32 Å². The number of hydrogen-bond acceptors (Lipinski definition) is 5. The second kappa shape index (κ2) is 6.34. The van der Waals surface area contributed by atoms with Crippen LogP contribution in [0.15, 0.2) is 0 Å². The van der Waals surface area contributed by atoms with Crippen molar-refractivity contribution < 1.29 is 23.8 Å². The van der Waals surface area contributed by atoms with Gasteiger partial charge in [-0.1, -0.05) is 19.3 Å². The molecule has 6 heteroatoms. The molecule has 1 heterocycles. The van der Waals surface area contributed by atoms with E-state index < -0.39 is 11.6 Å². The molecule has 2 rings (SSSR count). The van der Waals surface area contributed by atoms with Gasteiger partial charge in [-0.05, 0) is 12.8 Å². The van der Waals surface area contributed by atoms with Crippen LogP contribution in [-0.4, -0.2) is 50.4 Å². The Morgan fingerprint density at radius 1 is 1.21 bits per heavy atom. The molecule has 0 aromatic carbocycles. The lowest BCUT2D eigenvalue weighted by molar-refractivity contribution is -0.159. The number of ether oxygens (including phenoxy) is 3. The predicted molar refractivity (Wildman–Crippen MR) is 66.5 cm³/mol. The Kier molecular flexibility index (Phi) is 4.76. The molecule has 0 bridgehead atoms. The number of esters is 1. The highest BCUT2D eigenvalue weighted by atomic mass is 16.6. The van der Waals surface area contributed by atoms with Crippen LogP contribution in [0.25, 0.3) is 0 Å². The van der Waals surface area contributed by atoms with E-state index in [-0.39, 0.29) is 18.5 Å². The molecular formula is C13H21NO5. The van der Waals surface area contributed by atoms with Gasteiger partial charge < -0.3 is 19.5 Å². The lowest BCUT2D eigenvalue weighted by Crippen LogP contribution is -2.59. The molecule has 1 saturated heterocycles. The molecule has 2 fully saturated rings. The Balaban J connectivity index is 2.02. The van der Waals surface area contributed by atoms with Crippen LogP contribution in [0, 0.1) is 0 Å². The van der Waals surface area contributed by atoms with E-state index in [1.54, 1.807) is 0 Å². The largest absolute Gasteiger partial charge is 0.467 e. The van der Waals surface area contributed by atoms with E-state index in [1.807, 2.05) is 0 Å². The average molecular weight is 271 g/mol. The van der Waals surface area contributed by atoms with E-state index >= 15 is 0 Å². The molecule has 108 valence electrons. The molecular weight excluding hydrogens is 250 g/mol. The zero-order valence-electron chi connectivity index (χ0n) is 11.3. The highest BCUT2D eigenvalue weighted by Crippen LogP contribution is 2.29. The summed E-state index contributed by atoms with van der Waals surface area (Å²) in [6.45, 7) is 1.15. The first-order valence-electron chi connectivity index (χ1n) is 6.78. The van der Waals surface area contributed by atoms with Gasteiger partial charge in [0, 0.05) is 0 Å². The van der Waals surface area contributed by atoms with Gasteiger partial charge in [-0.3, -0.25) is 4.79 Å². The third kappa shape index (κ3) is 3.25. The van der Waals surface area contributed by atoms with Gasteiger partial charge in [-0.15, -0.1) is 0 Å². The van der Waals surface area contributed by atoms with Crippen molar-refractivity contribution in [3.63, 3.8) is 0 Å². The molecule has 0 radical (unpaired) electrons. The smallest absolute Gasteiger partial charge is 0.331 e. The summed E-state index contributed by atoms with van der Waals surface area (Å²) in [5.41, 5.74) is -0.884. The van der Waals surface area contributed by atoms with Crippen LogP contribution in [0.4, 0.5) is 0 Å². The molecule has 1 aliphatic carbocycles. The Morgan fingerprint density at radius 2 is 1.95 bits per heavy atom. The Bertz CT molecular complexity index is 332. The summed E-state index contributed by atoms with van der Waals surface area (Å²) < 4.78 is 15.4. The van der Waals surface area contributed by atoms with E-state index in [4.69, 9.17) is 14.2 Å². The van der Waals surface area contributed by atoms with Crippen molar-refractivity contribution in [3.05, 3.63) is 0 Å². The van der Waals surface area contributed by atoms with Crippen LogP contribution in [-0.2, 0) is 23.8 Å². The fourth-order valence-corrected chi connectivity index (χ4v) is 2.69. The van der Waals surface area contributed by atoms with Gasteiger partial charge in [0.1, 0.15) is 5.54 Å². The van der Waals surface area contributed by atoms with Gasteiger partial charge in [0.05, 0.1) is 26.9 Å². The van der Waals surface area contributed by atoms with Crippen molar-refractivity contribution in [2.45, 2.75) is 43.7 Å². The zero-order valence-corrected chi connectivity index (χ0v) is 11.3. The molecule has 19 heavy (non-hydrogen) atoms. The minimum absolute atomic E-state index is 0.239. The topological polar surface area (TPSA) is 73.9 Å². The Hall–Kier alpha value is -1.14. The fraction of sp³-hybridized carbons (Fsp3) is 0.846. The monoisotopic (exact) mass is 271 g/mol. The fourth-order valence-electron chi connectivity index (χ4n) is 2.69. The van der Waals surface area contributed by atoms with E-state index in [0.29, 0.717) is 26.1 Å². The number of hydrogen-bond donors (Lipinski definition) is 1. The molecule has 1 saturated carbocycles. The average Bonchev–Trinajstić information content (AvgIpc) is 2.48. The standard InChI is InChI=1S/C13H21NO5/c1-17-12(16)13(5-3-2-4-6-13)14-11(15)10-9-18-7-8-19-10/h10H,2-9H2,1H3,(H,14,15). The molecule has 1 N–H and O–H groups in total. The van der Waals surface area contributed by atoms with E-state index in [1.165, 1.54) is 7.11 Å². The summed E-state index contributed by atoms with van der Waals surface area (Å²) in [5, 5.41) is 2.83. The van der Waals surface area contributed by atoms with Crippen LogP contribution in [0.2, 0.25) is 0 Å². The third-order valence-electron chi connectivity index (χ3n) is 3.75. The van der Waals surface area contributed by atoms with Crippen molar-refractivity contribution in [2.24, 2.45) is 0 Å². The summed E-state index contributed by atoms with van der Waals surface area (Å²) in [6, 6.07) is 0. The third-order valence-corrected chi connectivity index (χ3v) is 3.75. The minimum Gasteiger partial charge on any atom is -0.467 e. The normalized spacial score (nSPS) is 26.5. The van der Waals surface area contributed by atoms with Gasteiger partial charge >= 0.3 is 5.97 Å². The van der Waals surface area contributed by atoms with Crippen LogP contribution < -0.4 is 5.32 Å². The number of nitrogens with one attached hydrogen (secondary N) is 1. The van der Waals surface area contributed by atoms with E-state index in [2.05, 4.69) is 5.32 Å². The van der Waals surface area contributed by atoms with Gasteiger partial charge in [0.15, 0.2) is 6.10 Å². The minimum atomic E-state index is -0.884. The van der Waals surface area contributed by atoms with Crippen molar-refractivity contribution in [1.29, 1.82) is 0 Å². The second-order valence-electron chi connectivity index (χ2n) is 5.06. The number of carbonyl (C=O) groups is 2. The van der Waals surface area contributed by atoms with Gasteiger partial charge in [-0.2, -0.15) is 0 Å². The van der Waals surface area contributed by atoms with Crippen molar-refractivity contribution in [2.75, 3.05) is 26.9 Å². The highest BCUT2D eigenvalue weighted by Gasteiger charge is 2.43. The van der Waals surface area contributed by atoms with E-state index in [9.17, 15) is 9.59 Å². The molecule has 2 aliphatic rings. The molecule has 0 spiro atoms. The predicted octanol–water partition coefficient (Wildman–Crippen LogP) is 0.394.